The minimum atomic E-state index is 0.0795. The molecule has 2 nitrogen and oxygen atoms in total. The van der Waals surface area contributed by atoms with Gasteiger partial charge < -0.3 is 9.47 Å². The predicted octanol–water partition coefficient (Wildman–Crippen LogP) is 10.4. The molecule has 0 N–H and O–H groups in total. The van der Waals surface area contributed by atoms with Crippen LogP contribution in [0.3, 0.4) is 0 Å². The second kappa shape index (κ2) is 10.2. The maximum absolute atomic E-state index is 5.94. The maximum Gasteiger partial charge on any atom is 0.0953 e. The van der Waals surface area contributed by atoms with Crippen LogP contribution in [0.15, 0.2) is 84.9 Å². The molecule has 0 fully saturated rings. The molecule has 2 atom stereocenters. The van der Waals surface area contributed by atoms with Crippen molar-refractivity contribution < 1.29 is 9.47 Å². The second-order valence-electron chi connectivity index (χ2n) is 9.56. The molecular weight excluding hydrogens is 545 g/mol. The lowest BCUT2D eigenvalue weighted by molar-refractivity contribution is 0.106. The highest BCUT2D eigenvalue weighted by molar-refractivity contribution is 7.34. The predicted molar refractivity (Wildman–Crippen MR) is 168 cm³/mol. The summed E-state index contributed by atoms with van der Waals surface area (Å²) in [5.74, 6) is 0. The van der Waals surface area contributed by atoms with E-state index in [0.29, 0.717) is 0 Å². The Bertz CT molecular complexity index is 1720. The number of hydrogen-bond acceptors (Lipinski definition) is 6. The Kier molecular flexibility index (Phi) is 6.56. The number of rotatable bonds is 8. The number of fused-ring (bicyclic) bond motifs is 6. The van der Waals surface area contributed by atoms with Crippen LogP contribution in [-0.4, -0.2) is 14.2 Å². The van der Waals surface area contributed by atoms with Crippen molar-refractivity contribution in [2.45, 2.75) is 25.0 Å². The molecule has 0 bridgehead atoms. The fourth-order valence-corrected chi connectivity index (χ4v) is 10.5. The van der Waals surface area contributed by atoms with Gasteiger partial charge in [0.1, 0.15) is 0 Å². The first-order valence-corrected chi connectivity index (χ1v) is 15.9. The van der Waals surface area contributed by atoms with Crippen molar-refractivity contribution >= 4 is 84.3 Å². The van der Waals surface area contributed by atoms with Gasteiger partial charge in [0.25, 0.3) is 0 Å². The third-order valence-corrected chi connectivity index (χ3v) is 12.2. The highest BCUT2D eigenvalue weighted by Gasteiger charge is 2.21. The average Bonchev–Trinajstić information content (AvgIpc) is 3.70. The number of ether oxygens (including phenoxy) is 2. The van der Waals surface area contributed by atoms with E-state index < -0.39 is 0 Å². The molecule has 38 heavy (non-hydrogen) atoms. The van der Waals surface area contributed by atoms with Crippen LogP contribution in [0, 0.1) is 0 Å². The van der Waals surface area contributed by atoms with E-state index in [2.05, 4.69) is 84.9 Å². The quantitative estimate of drug-likeness (QED) is 0.181. The number of thiophene rings is 4. The van der Waals surface area contributed by atoms with Crippen molar-refractivity contribution in [3.8, 4) is 0 Å². The van der Waals surface area contributed by atoms with Crippen LogP contribution in [0.2, 0.25) is 0 Å². The minimum absolute atomic E-state index is 0.0795. The van der Waals surface area contributed by atoms with Gasteiger partial charge in [0.2, 0.25) is 0 Å². The molecule has 4 heterocycles. The summed E-state index contributed by atoms with van der Waals surface area (Å²) in [6.45, 7) is 0. The fraction of sp³-hybridized carbons (Fsp3) is 0.188. The molecule has 7 rings (SSSR count). The van der Waals surface area contributed by atoms with Gasteiger partial charge in [0, 0.05) is 66.4 Å². The zero-order chi connectivity index (χ0) is 25.6. The van der Waals surface area contributed by atoms with Gasteiger partial charge in [-0.1, -0.05) is 60.7 Å². The van der Waals surface area contributed by atoms with Gasteiger partial charge in [-0.2, -0.15) is 0 Å². The summed E-state index contributed by atoms with van der Waals surface area (Å²) in [6.07, 6.45) is 1.94. The molecule has 0 aliphatic heterocycles. The lowest BCUT2D eigenvalue weighted by atomic mass is 10.1. The zero-order valence-corrected chi connectivity index (χ0v) is 24.4. The van der Waals surface area contributed by atoms with Gasteiger partial charge in [0.05, 0.1) is 21.6 Å². The van der Waals surface area contributed by atoms with Crippen molar-refractivity contribution in [3.05, 3.63) is 106 Å². The molecule has 6 heteroatoms. The average molecular weight is 571 g/mol. The van der Waals surface area contributed by atoms with E-state index in [1.807, 2.05) is 59.6 Å². The first-order valence-electron chi connectivity index (χ1n) is 12.7. The molecule has 4 aromatic heterocycles. The Morgan fingerprint density at radius 1 is 0.526 bits per heavy atom. The Labute approximate surface area is 237 Å². The summed E-state index contributed by atoms with van der Waals surface area (Å²) in [7, 11) is 3.65. The van der Waals surface area contributed by atoms with Gasteiger partial charge in [-0.25, -0.2) is 0 Å². The van der Waals surface area contributed by atoms with Crippen LogP contribution in [0.4, 0.5) is 0 Å². The fourth-order valence-electron chi connectivity index (χ4n) is 5.21. The second-order valence-corrected chi connectivity index (χ2v) is 13.9. The van der Waals surface area contributed by atoms with Crippen molar-refractivity contribution in [2.24, 2.45) is 0 Å². The normalized spacial score (nSPS) is 13.7. The van der Waals surface area contributed by atoms with E-state index in [9.17, 15) is 0 Å². The summed E-state index contributed by atoms with van der Waals surface area (Å²) >= 11 is 7.58. The number of hydrogen-bond donors (Lipinski definition) is 0. The molecule has 0 aliphatic rings. The third kappa shape index (κ3) is 4.39. The molecule has 0 amide bonds. The molecule has 0 aliphatic carbocycles. The molecule has 7 aromatic rings. The lowest BCUT2D eigenvalue weighted by Gasteiger charge is -2.13. The van der Waals surface area contributed by atoms with Crippen LogP contribution < -0.4 is 0 Å². The first kappa shape index (κ1) is 24.5. The summed E-state index contributed by atoms with van der Waals surface area (Å²) in [5, 5.41) is 2.74. The molecule has 2 unspecified atom stereocenters. The van der Waals surface area contributed by atoms with Crippen molar-refractivity contribution in [2.75, 3.05) is 14.2 Å². The van der Waals surface area contributed by atoms with Gasteiger partial charge >= 0.3 is 0 Å². The molecular formula is C32H26O2S4. The third-order valence-electron chi connectivity index (χ3n) is 7.18. The Morgan fingerprint density at radius 2 is 0.947 bits per heavy atom. The standard InChI is InChI=1S/C32H26O2S4/c1-33-23(13-19-9-5-3-6-10-19)27-17-29-31(37-27)21-15-26-22(16-25(21)35-29)32-30(36-26)18-28(38-32)24(34-2)14-20-11-7-4-8-12-20/h3-12,15-18,23-24H,13-14H2,1-2H3. The van der Waals surface area contributed by atoms with Crippen molar-refractivity contribution in [3.63, 3.8) is 0 Å². The Morgan fingerprint density at radius 3 is 1.34 bits per heavy atom. The van der Waals surface area contributed by atoms with E-state index >= 15 is 0 Å². The molecule has 190 valence electrons. The van der Waals surface area contributed by atoms with E-state index in [-0.39, 0.29) is 12.2 Å². The summed E-state index contributed by atoms with van der Waals surface area (Å²) in [6, 6.07) is 30.8. The van der Waals surface area contributed by atoms with Gasteiger partial charge in [-0.15, -0.1) is 45.3 Å². The summed E-state index contributed by atoms with van der Waals surface area (Å²) in [4.78, 5) is 2.61. The molecule has 0 saturated carbocycles. The van der Waals surface area contributed by atoms with Crippen LogP contribution in [0.5, 0.6) is 0 Å². The number of benzene rings is 3. The molecule has 0 radical (unpaired) electrons. The zero-order valence-electron chi connectivity index (χ0n) is 21.1. The van der Waals surface area contributed by atoms with Crippen molar-refractivity contribution in [1.82, 2.24) is 0 Å². The van der Waals surface area contributed by atoms with Crippen LogP contribution >= 0.6 is 45.3 Å². The van der Waals surface area contributed by atoms with Crippen LogP contribution in [-0.2, 0) is 22.3 Å². The summed E-state index contributed by atoms with van der Waals surface area (Å²) in [5.41, 5.74) is 2.61. The number of methoxy groups -OCH3 is 2. The molecule has 3 aromatic carbocycles. The summed E-state index contributed by atoms with van der Waals surface area (Å²) < 4.78 is 20.1. The first-order chi connectivity index (χ1) is 18.7. The topological polar surface area (TPSA) is 18.5 Å². The SMILES string of the molecule is COC(Cc1ccccc1)c1cc2sc3cc4c(cc3c2s1)sc1cc(C(Cc2ccccc2)OC)sc14. The monoisotopic (exact) mass is 570 g/mol. The van der Waals surface area contributed by atoms with E-state index in [4.69, 9.17) is 9.47 Å². The highest BCUT2D eigenvalue weighted by Crippen LogP contribution is 2.48. The van der Waals surface area contributed by atoms with Crippen LogP contribution in [0.25, 0.3) is 39.0 Å². The van der Waals surface area contributed by atoms with Crippen molar-refractivity contribution in [1.29, 1.82) is 0 Å². The molecule has 0 saturated heterocycles. The van der Waals surface area contributed by atoms with E-state index in [1.54, 1.807) is 0 Å². The van der Waals surface area contributed by atoms with Crippen LogP contribution in [0.1, 0.15) is 33.1 Å². The largest absolute Gasteiger partial charge is 0.376 e. The Hall–Kier alpha value is -2.58. The van der Waals surface area contributed by atoms with Gasteiger partial charge in [-0.3, -0.25) is 0 Å². The van der Waals surface area contributed by atoms with Gasteiger partial charge in [0.15, 0.2) is 0 Å². The lowest BCUT2D eigenvalue weighted by Crippen LogP contribution is -2.03. The van der Waals surface area contributed by atoms with E-state index in [1.165, 1.54) is 59.9 Å². The highest BCUT2D eigenvalue weighted by atomic mass is 32.1. The molecule has 0 spiro atoms. The van der Waals surface area contributed by atoms with Gasteiger partial charge in [-0.05, 0) is 35.4 Å². The van der Waals surface area contributed by atoms with E-state index in [0.717, 1.165) is 12.8 Å². The minimum Gasteiger partial charge on any atom is -0.376 e. The maximum atomic E-state index is 5.94. The smallest absolute Gasteiger partial charge is 0.0953 e. The Balaban J connectivity index is 1.24.